The summed E-state index contributed by atoms with van der Waals surface area (Å²) in [6.07, 6.45) is -0.504. The monoisotopic (exact) mass is 358 g/mol. The van der Waals surface area contributed by atoms with Gasteiger partial charge in [0.1, 0.15) is 11.4 Å². The number of nitrogens with zero attached hydrogens (tertiary/aromatic N) is 1. The zero-order valence-electron chi connectivity index (χ0n) is 15.2. The lowest BCUT2D eigenvalue weighted by Gasteiger charge is -2.42. The van der Waals surface area contributed by atoms with Gasteiger partial charge < -0.3 is 20.3 Å². The Hall–Kier alpha value is -2.15. The van der Waals surface area contributed by atoms with Crippen molar-refractivity contribution in [1.82, 2.24) is 10.2 Å². The topological polar surface area (TPSA) is 82.0 Å². The number of amides is 1. The van der Waals surface area contributed by atoms with E-state index in [0.29, 0.717) is 26.1 Å². The lowest BCUT2D eigenvalue weighted by molar-refractivity contribution is -0.130. The number of aliphatic hydroxyl groups is 2. The summed E-state index contributed by atoms with van der Waals surface area (Å²) in [6.45, 7) is 3.16. The molecule has 1 aliphatic heterocycles. The van der Waals surface area contributed by atoms with Crippen molar-refractivity contribution < 1.29 is 19.7 Å². The number of nitrogens with one attached hydrogen (secondary N) is 1. The van der Waals surface area contributed by atoms with E-state index in [0.717, 1.165) is 22.1 Å². The minimum absolute atomic E-state index is 0.0722. The van der Waals surface area contributed by atoms with Gasteiger partial charge in [-0.3, -0.25) is 9.69 Å². The third-order valence-corrected chi connectivity index (χ3v) is 5.14. The summed E-state index contributed by atoms with van der Waals surface area (Å²) >= 11 is 0. The van der Waals surface area contributed by atoms with Gasteiger partial charge in [-0.25, -0.2) is 0 Å². The predicted molar refractivity (Wildman–Crippen MR) is 100 cm³/mol. The van der Waals surface area contributed by atoms with Crippen LogP contribution in [-0.4, -0.2) is 59.5 Å². The van der Waals surface area contributed by atoms with Gasteiger partial charge in [0.15, 0.2) is 0 Å². The second kappa shape index (κ2) is 7.61. The summed E-state index contributed by atoms with van der Waals surface area (Å²) < 4.78 is 5.44. The summed E-state index contributed by atoms with van der Waals surface area (Å²) in [4.78, 5) is 13.2. The molecule has 3 rings (SSSR count). The van der Waals surface area contributed by atoms with Crippen molar-refractivity contribution in [3.05, 3.63) is 42.0 Å². The molecule has 26 heavy (non-hydrogen) atoms. The predicted octanol–water partition coefficient (Wildman–Crippen LogP) is 1.28. The molecule has 140 valence electrons. The van der Waals surface area contributed by atoms with Crippen LogP contribution < -0.4 is 10.1 Å². The van der Waals surface area contributed by atoms with Gasteiger partial charge in [-0.05, 0) is 23.4 Å². The zero-order valence-corrected chi connectivity index (χ0v) is 15.2. The molecule has 6 nitrogen and oxygen atoms in total. The zero-order chi connectivity index (χ0) is 18.7. The number of rotatable bonds is 5. The second-order valence-electron chi connectivity index (χ2n) is 6.99. The van der Waals surface area contributed by atoms with E-state index < -0.39 is 11.7 Å². The summed E-state index contributed by atoms with van der Waals surface area (Å²) in [5.74, 6) is 0.630. The number of carbonyl (C=O) groups is 1. The summed E-state index contributed by atoms with van der Waals surface area (Å²) in [7, 11) is 1.67. The molecule has 6 heteroatoms. The molecule has 1 fully saturated rings. The molecule has 0 radical (unpaired) electrons. The summed E-state index contributed by atoms with van der Waals surface area (Å²) in [5, 5.41) is 25.8. The Morgan fingerprint density at radius 3 is 2.69 bits per heavy atom. The number of hydrogen-bond acceptors (Lipinski definition) is 5. The molecule has 1 amide bonds. The Morgan fingerprint density at radius 1 is 1.31 bits per heavy atom. The third-order valence-electron chi connectivity index (χ3n) is 5.14. The smallest absolute Gasteiger partial charge is 0.216 e. The molecule has 2 aromatic rings. The van der Waals surface area contributed by atoms with Gasteiger partial charge in [0.2, 0.25) is 5.91 Å². The second-order valence-corrected chi connectivity index (χ2v) is 6.99. The molecular formula is C20H26N2O4. The fraction of sp³-hybridized carbons (Fsp3) is 0.450. The van der Waals surface area contributed by atoms with E-state index in [1.807, 2.05) is 30.3 Å². The van der Waals surface area contributed by atoms with Crippen LogP contribution in [0, 0.1) is 0 Å². The van der Waals surface area contributed by atoms with E-state index in [1.165, 1.54) is 6.92 Å². The van der Waals surface area contributed by atoms with Crippen molar-refractivity contribution in [3.8, 4) is 5.75 Å². The van der Waals surface area contributed by atoms with Crippen LogP contribution in [0.4, 0.5) is 0 Å². The maximum atomic E-state index is 11.1. The molecule has 1 saturated heterocycles. The first-order chi connectivity index (χ1) is 12.4. The highest BCUT2D eigenvalue weighted by Crippen LogP contribution is 2.30. The minimum Gasteiger partial charge on any atom is -0.496 e. The van der Waals surface area contributed by atoms with E-state index >= 15 is 0 Å². The van der Waals surface area contributed by atoms with Gasteiger partial charge in [0.05, 0.1) is 13.2 Å². The molecule has 2 atom stereocenters. The molecule has 1 heterocycles. The van der Waals surface area contributed by atoms with Gasteiger partial charge in [-0.2, -0.15) is 0 Å². The first-order valence-corrected chi connectivity index (χ1v) is 8.85. The summed E-state index contributed by atoms with van der Waals surface area (Å²) in [5.41, 5.74) is -0.120. The van der Waals surface area contributed by atoms with Gasteiger partial charge in [0.25, 0.3) is 0 Å². The molecule has 1 aliphatic rings. The maximum Gasteiger partial charge on any atom is 0.216 e. The Bertz CT molecular complexity index is 794. The number of aliphatic hydroxyl groups excluding tert-OH is 1. The van der Waals surface area contributed by atoms with Crippen LogP contribution in [0.1, 0.15) is 18.9 Å². The van der Waals surface area contributed by atoms with Crippen molar-refractivity contribution in [2.75, 3.05) is 26.7 Å². The number of methoxy groups -OCH3 is 1. The highest BCUT2D eigenvalue weighted by atomic mass is 16.5. The molecule has 0 bridgehead atoms. The molecule has 0 aromatic heterocycles. The number of benzene rings is 2. The van der Waals surface area contributed by atoms with Crippen molar-refractivity contribution >= 4 is 16.7 Å². The van der Waals surface area contributed by atoms with Crippen LogP contribution in [0.3, 0.4) is 0 Å². The molecule has 2 aromatic carbocycles. The van der Waals surface area contributed by atoms with Crippen molar-refractivity contribution in [3.63, 3.8) is 0 Å². The molecule has 0 spiro atoms. The first kappa shape index (κ1) is 18.6. The van der Waals surface area contributed by atoms with E-state index in [9.17, 15) is 15.0 Å². The number of carbonyl (C=O) groups excluding carboxylic acids is 1. The minimum atomic E-state index is -1.27. The number of ether oxygens (including phenoxy) is 1. The van der Waals surface area contributed by atoms with Gasteiger partial charge >= 0.3 is 0 Å². The van der Waals surface area contributed by atoms with Crippen molar-refractivity contribution in [2.24, 2.45) is 0 Å². The fourth-order valence-corrected chi connectivity index (χ4v) is 3.54. The highest BCUT2D eigenvalue weighted by Gasteiger charge is 2.40. The molecule has 0 aliphatic carbocycles. The average molecular weight is 358 g/mol. The quantitative estimate of drug-likeness (QED) is 0.750. The fourth-order valence-electron chi connectivity index (χ4n) is 3.54. The van der Waals surface area contributed by atoms with E-state index in [-0.39, 0.29) is 12.5 Å². The highest BCUT2D eigenvalue weighted by molar-refractivity contribution is 5.91. The standard InChI is InChI=1S/C20H26N2O4/c1-14(23)21-13-20(25)9-10-22(12-19(20)24)11-15-7-8-18(26-2)17-6-4-3-5-16(15)17/h3-8,19,24-25H,9-13H2,1-2H3,(H,21,23)/t19-,20-/m1/s1. The van der Waals surface area contributed by atoms with Crippen LogP contribution in [0.2, 0.25) is 0 Å². The van der Waals surface area contributed by atoms with Crippen molar-refractivity contribution in [2.45, 2.75) is 31.6 Å². The molecular weight excluding hydrogens is 332 g/mol. The number of likely N-dealkylation sites (tertiary alicyclic amines) is 1. The Morgan fingerprint density at radius 2 is 2.04 bits per heavy atom. The van der Waals surface area contributed by atoms with Gasteiger partial charge in [-0.15, -0.1) is 0 Å². The van der Waals surface area contributed by atoms with Gasteiger partial charge in [0, 0.05) is 38.5 Å². The van der Waals surface area contributed by atoms with Crippen LogP contribution in [0.25, 0.3) is 10.8 Å². The SMILES string of the molecule is COc1ccc(CN2CC[C@@](O)(CNC(C)=O)[C@H](O)C2)c2ccccc12. The number of hydrogen-bond donors (Lipinski definition) is 3. The van der Waals surface area contributed by atoms with E-state index in [4.69, 9.17) is 4.74 Å². The van der Waals surface area contributed by atoms with E-state index in [1.54, 1.807) is 7.11 Å². The Kier molecular flexibility index (Phi) is 5.46. The number of piperidine rings is 1. The third kappa shape index (κ3) is 3.82. The van der Waals surface area contributed by atoms with Crippen LogP contribution in [-0.2, 0) is 11.3 Å². The lowest BCUT2D eigenvalue weighted by atomic mass is 9.88. The largest absolute Gasteiger partial charge is 0.496 e. The van der Waals surface area contributed by atoms with Crippen LogP contribution >= 0.6 is 0 Å². The normalized spacial score (nSPS) is 23.8. The summed E-state index contributed by atoms with van der Waals surface area (Å²) in [6, 6.07) is 12.1. The molecule has 0 unspecified atom stereocenters. The number of fused-ring (bicyclic) bond motifs is 1. The lowest BCUT2D eigenvalue weighted by Crippen LogP contribution is -2.59. The molecule has 3 N–H and O–H groups in total. The average Bonchev–Trinajstić information content (AvgIpc) is 2.64. The maximum absolute atomic E-state index is 11.1. The van der Waals surface area contributed by atoms with E-state index in [2.05, 4.69) is 16.3 Å². The van der Waals surface area contributed by atoms with Crippen molar-refractivity contribution in [1.29, 1.82) is 0 Å². The number of β-amino-alcohol motifs (C(OH)–C–C–N with tert-alkyl or cyclic N) is 1. The van der Waals surface area contributed by atoms with Crippen LogP contribution in [0.5, 0.6) is 5.75 Å². The first-order valence-electron chi connectivity index (χ1n) is 8.85. The van der Waals surface area contributed by atoms with Gasteiger partial charge in [-0.1, -0.05) is 30.3 Å². The van der Waals surface area contributed by atoms with Crippen LogP contribution in [0.15, 0.2) is 36.4 Å². The molecule has 0 saturated carbocycles. The Labute approximate surface area is 153 Å². The Balaban J connectivity index is 1.73.